The summed E-state index contributed by atoms with van der Waals surface area (Å²) in [6.07, 6.45) is 0.411. The number of amides is 1. The third-order valence-corrected chi connectivity index (χ3v) is 3.80. The van der Waals surface area contributed by atoms with E-state index in [-0.39, 0.29) is 11.9 Å². The van der Waals surface area contributed by atoms with Crippen molar-refractivity contribution < 1.29 is 4.79 Å². The summed E-state index contributed by atoms with van der Waals surface area (Å²) in [4.78, 5) is 12.2. The van der Waals surface area contributed by atoms with Gasteiger partial charge in [-0.25, -0.2) is 0 Å². The number of hydrogen-bond donors (Lipinski definition) is 1. The molecule has 0 fully saturated rings. The summed E-state index contributed by atoms with van der Waals surface area (Å²) in [7, 11) is 0. The lowest BCUT2D eigenvalue weighted by Gasteiger charge is -2.14. The van der Waals surface area contributed by atoms with Gasteiger partial charge in [-0.3, -0.25) is 9.48 Å². The van der Waals surface area contributed by atoms with E-state index in [4.69, 9.17) is 0 Å². The van der Waals surface area contributed by atoms with Crippen LogP contribution in [0.3, 0.4) is 0 Å². The molecule has 0 aliphatic carbocycles. The maximum Gasteiger partial charge on any atom is 0.226 e. The molecular weight excluding hydrogens is 274 g/mol. The van der Waals surface area contributed by atoms with Crippen LogP contribution in [-0.4, -0.2) is 15.7 Å². The van der Waals surface area contributed by atoms with Crippen LogP contribution in [0.1, 0.15) is 56.1 Å². The molecule has 1 N–H and O–H groups in total. The van der Waals surface area contributed by atoms with E-state index in [0.29, 0.717) is 12.3 Å². The average Bonchev–Trinajstić information content (AvgIpc) is 2.78. The zero-order valence-corrected chi connectivity index (χ0v) is 14.1. The molecule has 1 aromatic heterocycles. The first kappa shape index (κ1) is 16.3. The van der Waals surface area contributed by atoms with Crippen molar-refractivity contribution in [2.24, 2.45) is 0 Å². The minimum atomic E-state index is 0.0114. The smallest absolute Gasteiger partial charge is 0.226 e. The topological polar surface area (TPSA) is 46.9 Å². The molecule has 0 spiro atoms. The van der Waals surface area contributed by atoms with Gasteiger partial charge in [0.1, 0.15) is 0 Å². The van der Waals surface area contributed by atoms with E-state index >= 15 is 0 Å². The second kappa shape index (κ2) is 6.77. The maximum absolute atomic E-state index is 12.2. The monoisotopic (exact) mass is 299 g/mol. The number of carbonyl (C=O) groups excluding carboxylic acids is 1. The van der Waals surface area contributed by atoms with Crippen molar-refractivity contribution >= 4 is 11.6 Å². The van der Waals surface area contributed by atoms with Crippen LogP contribution in [0.5, 0.6) is 0 Å². The molecule has 0 saturated carbocycles. The number of nitrogens with one attached hydrogen (secondary N) is 1. The van der Waals surface area contributed by atoms with Crippen molar-refractivity contribution in [3.8, 4) is 0 Å². The molecule has 0 aliphatic heterocycles. The summed E-state index contributed by atoms with van der Waals surface area (Å²) >= 11 is 0. The van der Waals surface area contributed by atoms with E-state index in [2.05, 4.69) is 36.4 Å². The minimum absolute atomic E-state index is 0.0114. The number of aryl methyl sites for hydroxylation is 2. The second-order valence-electron chi connectivity index (χ2n) is 6.25. The molecule has 0 radical (unpaired) electrons. The van der Waals surface area contributed by atoms with E-state index in [9.17, 15) is 4.79 Å². The summed E-state index contributed by atoms with van der Waals surface area (Å²) in [5.41, 5.74) is 4.18. The Morgan fingerprint density at radius 2 is 1.82 bits per heavy atom. The number of carbonyl (C=O) groups is 1. The van der Waals surface area contributed by atoms with Crippen molar-refractivity contribution in [3.05, 3.63) is 47.3 Å². The Bertz CT molecular complexity index is 641. The van der Waals surface area contributed by atoms with E-state index in [1.54, 1.807) is 0 Å². The first-order chi connectivity index (χ1) is 10.4. The van der Waals surface area contributed by atoms with Crippen LogP contribution in [0.25, 0.3) is 0 Å². The molecule has 22 heavy (non-hydrogen) atoms. The van der Waals surface area contributed by atoms with Crippen LogP contribution < -0.4 is 5.32 Å². The van der Waals surface area contributed by atoms with Gasteiger partial charge in [-0.1, -0.05) is 26.0 Å². The third-order valence-electron chi connectivity index (χ3n) is 3.80. The highest BCUT2D eigenvalue weighted by Gasteiger charge is 2.14. The molecule has 1 heterocycles. The zero-order chi connectivity index (χ0) is 16.3. The van der Waals surface area contributed by atoms with Crippen LogP contribution in [0.15, 0.2) is 30.3 Å². The maximum atomic E-state index is 12.2. The molecule has 1 aromatic carbocycles. The lowest BCUT2D eigenvalue weighted by atomic mass is 10.0. The normalized spacial score (nSPS) is 12.5. The van der Waals surface area contributed by atoms with Crippen LogP contribution >= 0.6 is 0 Å². The van der Waals surface area contributed by atoms with Gasteiger partial charge in [-0.05, 0) is 50.5 Å². The van der Waals surface area contributed by atoms with Crippen LogP contribution in [0.2, 0.25) is 0 Å². The number of hydrogen-bond acceptors (Lipinski definition) is 2. The predicted octanol–water partition coefficient (Wildman–Crippen LogP) is 4.21. The van der Waals surface area contributed by atoms with Crippen molar-refractivity contribution in [1.29, 1.82) is 0 Å². The van der Waals surface area contributed by atoms with Gasteiger partial charge in [-0.15, -0.1) is 0 Å². The van der Waals surface area contributed by atoms with Crippen LogP contribution in [0.4, 0.5) is 5.69 Å². The molecule has 0 bridgehead atoms. The Hall–Kier alpha value is -2.10. The van der Waals surface area contributed by atoms with Gasteiger partial charge < -0.3 is 5.32 Å². The Morgan fingerprint density at radius 1 is 1.18 bits per heavy atom. The lowest BCUT2D eigenvalue weighted by Crippen LogP contribution is -2.19. The van der Waals surface area contributed by atoms with Gasteiger partial charge in [-0.2, -0.15) is 5.10 Å². The van der Waals surface area contributed by atoms with Crippen molar-refractivity contribution in [1.82, 2.24) is 9.78 Å². The van der Waals surface area contributed by atoms with Gasteiger partial charge in [0.25, 0.3) is 0 Å². The first-order valence-corrected chi connectivity index (χ1v) is 7.79. The summed E-state index contributed by atoms with van der Waals surface area (Å²) in [5.74, 6) is 0.508. The van der Waals surface area contributed by atoms with E-state index in [1.807, 2.05) is 43.7 Å². The van der Waals surface area contributed by atoms with Crippen molar-refractivity contribution in [3.63, 3.8) is 0 Å². The van der Waals surface area contributed by atoms with Crippen molar-refractivity contribution in [2.45, 2.75) is 53.0 Å². The fourth-order valence-electron chi connectivity index (χ4n) is 2.61. The average molecular weight is 299 g/mol. The largest absolute Gasteiger partial charge is 0.326 e. The summed E-state index contributed by atoms with van der Waals surface area (Å²) in [6, 6.07) is 10.1. The van der Waals surface area contributed by atoms with Crippen LogP contribution in [0, 0.1) is 13.8 Å². The molecule has 0 saturated heterocycles. The van der Waals surface area contributed by atoms with Gasteiger partial charge >= 0.3 is 0 Å². The number of rotatable bonds is 5. The molecule has 4 nitrogen and oxygen atoms in total. The van der Waals surface area contributed by atoms with Gasteiger partial charge in [0.15, 0.2) is 0 Å². The number of nitrogens with zero attached hydrogens (tertiary/aromatic N) is 2. The molecule has 1 amide bonds. The lowest BCUT2D eigenvalue weighted by molar-refractivity contribution is -0.116. The van der Waals surface area contributed by atoms with E-state index < -0.39 is 0 Å². The number of benzene rings is 1. The summed E-state index contributed by atoms with van der Waals surface area (Å²) in [6.45, 7) is 10.3. The highest BCUT2D eigenvalue weighted by Crippen LogP contribution is 2.19. The molecule has 1 unspecified atom stereocenters. The Labute approximate surface area is 132 Å². The Balaban J connectivity index is 1.96. The molecular formula is C18H25N3O. The van der Waals surface area contributed by atoms with Gasteiger partial charge in [0.2, 0.25) is 5.91 Å². The SMILES string of the molecule is Cc1cc(C)n(C(C)CC(=O)Nc2ccc(C(C)C)cc2)n1. The molecule has 4 heteroatoms. The highest BCUT2D eigenvalue weighted by molar-refractivity contribution is 5.90. The second-order valence-corrected chi connectivity index (χ2v) is 6.25. The van der Waals surface area contributed by atoms with E-state index in [0.717, 1.165) is 17.1 Å². The quantitative estimate of drug-likeness (QED) is 0.898. The summed E-state index contributed by atoms with van der Waals surface area (Å²) < 4.78 is 1.91. The summed E-state index contributed by atoms with van der Waals surface area (Å²) in [5, 5.41) is 7.39. The standard InChI is InChI=1S/C18H25N3O/c1-12(2)16-6-8-17(9-7-16)19-18(22)11-15(5)21-14(4)10-13(3)20-21/h6-10,12,15H,11H2,1-5H3,(H,19,22). The van der Waals surface area contributed by atoms with E-state index in [1.165, 1.54) is 5.56 Å². The number of aromatic nitrogens is 2. The van der Waals surface area contributed by atoms with Crippen LogP contribution in [-0.2, 0) is 4.79 Å². The van der Waals surface area contributed by atoms with Gasteiger partial charge in [0.05, 0.1) is 11.7 Å². The fourth-order valence-corrected chi connectivity index (χ4v) is 2.61. The third kappa shape index (κ3) is 3.97. The van der Waals surface area contributed by atoms with Gasteiger partial charge in [0, 0.05) is 17.8 Å². The Kier molecular flexibility index (Phi) is 5.01. The minimum Gasteiger partial charge on any atom is -0.326 e. The zero-order valence-electron chi connectivity index (χ0n) is 14.1. The fraction of sp³-hybridized carbons (Fsp3) is 0.444. The molecule has 2 aromatic rings. The number of anilines is 1. The predicted molar refractivity (Wildman–Crippen MR) is 90.2 cm³/mol. The molecule has 118 valence electrons. The van der Waals surface area contributed by atoms with Crippen molar-refractivity contribution in [2.75, 3.05) is 5.32 Å². The molecule has 2 rings (SSSR count). The highest BCUT2D eigenvalue weighted by atomic mass is 16.1. The first-order valence-electron chi connectivity index (χ1n) is 7.79. The molecule has 0 aliphatic rings. The molecule has 1 atom stereocenters. The Morgan fingerprint density at radius 3 is 2.32 bits per heavy atom.